The van der Waals surface area contributed by atoms with Gasteiger partial charge in [0.2, 0.25) is 5.91 Å². The first-order valence-electron chi connectivity index (χ1n) is 10.1. The van der Waals surface area contributed by atoms with Crippen LogP contribution in [0.5, 0.6) is 0 Å². The van der Waals surface area contributed by atoms with Crippen LogP contribution in [-0.4, -0.2) is 26.2 Å². The number of benzene rings is 1. The summed E-state index contributed by atoms with van der Waals surface area (Å²) in [5.74, 6) is 0.197. The van der Waals surface area contributed by atoms with Crippen molar-refractivity contribution in [1.82, 2.24) is 19.9 Å². The number of thioether (sulfide) groups is 1. The molecule has 2 heterocycles. The third kappa shape index (κ3) is 3.83. The van der Waals surface area contributed by atoms with Gasteiger partial charge in [-0.3, -0.25) is 14.2 Å². The van der Waals surface area contributed by atoms with Crippen LogP contribution in [0.3, 0.4) is 0 Å². The smallest absolute Gasteiger partial charge is 0.278 e. The van der Waals surface area contributed by atoms with E-state index in [1.54, 1.807) is 4.57 Å². The van der Waals surface area contributed by atoms with Crippen LogP contribution in [0.25, 0.3) is 11.0 Å². The fraction of sp³-hybridized carbons (Fsp3) is 0.409. The van der Waals surface area contributed by atoms with Crippen LogP contribution < -0.4 is 10.9 Å². The summed E-state index contributed by atoms with van der Waals surface area (Å²) in [6, 6.07) is 10.2. The zero-order valence-corrected chi connectivity index (χ0v) is 17.8. The van der Waals surface area contributed by atoms with Crippen LogP contribution >= 0.6 is 11.8 Å². The summed E-state index contributed by atoms with van der Waals surface area (Å²) in [5.41, 5.74) is 4.53. The molecule has 0 bridgehead atoms. The number of amides is 1. The molecule has 1 aliphatic carbocycles. The molecule has 0 fully saturated rings. The molecule has 29 heavy (non-hydrogen) atoms. The fourth-order valence-electron chi connectivity index (χ4n) is 3.94. The third-order valence-electron chi connectivity index (χ3n) is 5.62. The molecule has 0 radical (unpaired) electrons. The number of nitrogens with zero attached hydrogens (tertiary/aromatic N) is 2. The molecule has 7 heteroatoms. The molecule has 6 nitrogen and oxygen atoms in total. The average molecular weight is 411 g/mol. The first kappa shape index (κ1) is 19.8. The Morgan fingerprint density at radius 2 is 2.21 bits per heavy atom. The van der Waals surface area contributed by atoms with Gasteiger partial charge in [-0.25, -0.2) is 4.98 Å². The van der Waals surface area contributed by atoms with E-state index in [4.69, 9.17) is 0 Å². The second-order valence-corrected chi connectivity index (χ2v) is 8.63. The first-order valence-corrected chi connectivity index (χ1v) is 11.1. The molecule has 2 atom stereocenters. The van der Waals surface area contributed by atoms with Gasteiger partial charge in [0.1, 0.15) is 5.52 Å². The lowest BCUT2D eigenvalue weighted by Crippen LogP contribution is -2.30. The number of carbonyl (C=O) groups is 1. The van der Waals surface area contributed by atoms with E-state index in [9.17, 15) is 9.59 Å². The lowest BCUT2D eigenvalue weighted by atomic mass is 10.1. The van der Waals surface area contributed by atoms with E-state index in [0.717, 1.165) is 25.0 Å². The van der Waals surface area contributed by atoms with Crippen molar-refractivity contribution < 1.29 is 4.79 Å². The molecule has 3 aromatic rings. The van der Waals surface area contributed by atoms with Crippen molar-refractivity contribution in [3.8, 4) is 0 Å². The molecule has 0 aliphatic heterocycles. The average Bonchev–Trinajstić information content (AvgIpc) is 3.29. The van der Waals surface area contributed by atoms with E-state index in [1.165, 1.54) is 22.9 Å². The number of hydrogen-bond donors (Lipinski definition) is 2. The maximum absolute atomic E-state index is 13.0. The van der Waals surface area contributed by atoms with Crippen molar-refractivity contribution in [2.75, 3.05) is 5.75 Å². The second-order valence-electron chi connectivity index (χ2n) is 7.69. The van der Waals surface area contributed by atoms with E-state index < -0.39 is 0 Å². The molecule has 1 aliphatic rings. The second kappa shape index (κ2) is 8.06. The number of aryl methyl sites for hydroxylation is 2. The van der Waals surface area contributed by atoms with Gasteiger partial charge in [0.15, 0.2) is 5.16 Å². The van der Waals surface area contributed by atoms with Gasteiger partial charge in [-0.15, -0.1) is 0 Å². The summed E-state index contributed by atoms with van der Waals surface area (Å²) in [5, 5.41) is 3.74. The van der Waals surface area contributed by atoms with Crippen molar-refractivity contribution in [2.45, 2.75) is 57.3 Å². The Labute approximate surface area is 174 Å². The number of fused-ring (bicyclic) bond motifs is 2. The highest BCUT2D eigenvalue weighted by Crippen LogP contribution is 2.31. The van der Waals surface area contributed by atoms with Crippen molar-refractivity contribution in [3.63, 3.8) is 0 Å². The minimum absolute atomic E-state index is 0.00952. The van der Waals surface area contributed by atoms with Crippen LogP contribution in [0.4, 0.5) is 0 Å². The van der Waals surface area contributed by atoms with Crippen molar-refractivity contribution >= 4 is 28.7 Å². The Bertz CT molecular complexity index is 1120. The molecule has 4 rings (SSSR count). The summed E-state index contributed by atoms with van der Waals surface area (Å²) in [6.07, 6.45) is 2.73. The van der Waals surface area contributed by atoms with Gasteiger partial charge in [-0.2, -0.15) is 0 Å². The van der Waals surface area contributed by atoms with E-state index in [-0.39, 0.29) is 29.3 Å². The quantitative estimate of drug-likeness (QED) is 0.477. The Hall–Kier alpha value is -2.54. The zero-order valence-electron chi connectivity index (χ0n) is 17.0. The number of carbonyl (C=O) groups excluding carboxylic acids is 1. The molecule has 0 saturated carbocycles. The summed E-state index contributed by atoms with van der Waals surface area (Å²) < 4.78 is 1.71. The summed E-state index contributed by atoms with van der Waals surface area (Å²) in [7, 11) is 0. The van der Waals surface area contributed by atoms with Gasteiger partial charge in [0.05, 0.1) is 17.3 Å². The normalized spacial score (nSPS) is 16.7. The maximum atomic E-state index is 13.0. The molecular weight excluding hydrogens is 384 g/mol. The molecule has 1 aromatic carbocycles. The van der Waals surface area contributed by atoms with Gasteiger partial charge in [0.25, 0.3) is 5.56 Å². The van der Waals surface area contributed by atoms with Crippen molar-refractivity contribution in [3.05, 3.63) is 57.5 Å². The lowest BCUT2D eigenvalue weighted by molar-refractivity contribution is -0.119. The van der Waals surface area contributed by atoms with Gasteiger partial charge in [0, 0.05) is 11.7 Å². The largest absolute Gasteiger partial charge is 0.353 e. The highest BCUT2D eigenvalue weighted by Gasteiger charge is 2.24. The standard InChI is InChI=1S/C22H26N4O2S/c1-4-14(3)26-21(28)20-18(11-13(2)23-20)25-22(26)29-12-19(27)24-17-10-9-15-7-5-6-8-16(15)17/h5-8,11,14,17,23H,4,9-10,12H2,1-3H3,(H,24,27)/t14-,17+/m0/s1. The molecule has 0 unspecified atom stereocenters. The van der Waals surface area contributed by atoms with Crippen molar-refractivity contribution in [1.29, 1.82) is 0 Å². The number of aromatic amines is 1. The highest BCUT2D eigenvalue weighted by molar-refractivity contribution is 7.99. The maximum Gasteiger partial charge on any atom is 0.278 e. The molecule has 152 valence electrons. The minimum Gasteiger partial charge on any atom is -0.353 e. The van der Waals surface area contributed by atoms with Gasteiger partial charge in [-0.1, -0.05) is 43.0 Å². The minimum atomic E-state index is -0.0786. The molecule has 2 N–H and O–H groups in total. The van der Waals surface area contributed by atoms with Gasteiger partial charge in [-0.05, 0) is 50.3 Å². The fourth-order valence-corrected chi connectivity index (χ4v) is 4.84. The van der Waals surface area contributed by atoms with Gasteiger partial charge < -0.3 is 10.3 Å². The van der Waals surface area contributed by atoms with E-state index in [0.29, 0.717) is 16.2 Å². The third-order valence-corrected chi connectivity index (χ3v) is 6.57. The lowest BCUT2D eigenvalue weighted by Gasteiger charge is -2.18. The Morgan fingerprint density at radius 3 is 3.00 bits per heavy atom. The Morgan fingerprint density at radius 1 is 1.41 bits per heavy atom. The summed E-state index contributed by atoms with van der Waals surface area (Å²) >= 11 is 1.33. The zero-order chi connectivity index (χ0) is 20.5. The van der Waals surface area contributed by atoms with E-state index in [1.807, 2.05) is 39.0 Å². The van der Waals surface area contributed by atoms with E-state index in [2.05, 4.69) is 27.4 Å². The predicted octanol–water partition coefficient (Wildman–Crippen LogP) is 3.90. The van der Waals surface area contributed by atoms with Crippen LogP contribution in [0.15, 0.2) is 40.3 Å². The topological polar surface area (TPSA) is 79.8 Å². The molecule has 0 spiro atoms. The SMILES string of the molecule is CC[C@H](C)n1c(SCC(=O)N[C@@H]2CCc3ccccc32)nc2cc(C)[nH]c2c1=O. The number of nitrogens with one attached hydrogen (secondary N) is 2. The summed E-state index contributed by atoms with van der Waals surface area (Å²) in [6.45, 7) is 5.96. The number of aromatic nitrogens is 3. The Balaban J connectivity index is 1.53. The Kier molecular flexibility index (Phi) is 5.50. The summed E-state index contributed by atoms with van der Waals surface area (Å²) in [4.78, 5) is 33.4. The van der Waals surface area contributed by atoms with Crippen LogP contribution in [0.1, 0.15) is 55.6 Å². The number of hydrogen-bond acceptors (Lipinski definition) is 4. The van der Waals surface area contributed by atoms with Crippen LogP contribution in [0.2, 0.25) is 0 Å². The highest BCUT2D eigenvalue weighted by atomic mass is 32.2. The van der Waals surface area contributed by atoms with Crippen molar-refractivity contribution in [2.24, 2.45) is 0 Å². The number of rotatable bonds is 6. The number of H-pyrrole nitrogens is 1. The molecule has 1 amide bonds. The monoisotopic (exact) mass is 410 g/mol. The first-order chi connectivity index (χ1) is 14.0. The van der Waals surface area contributed by atoms with Crippen LogP contribution in [-0.2, 0) is 11.2 Å². The predicted molar refractivity (Wildman–Crippen MR) is 116 cm³/mol. The molecule has 0 saturated heterocycles. The van der Waals surface area contributed by atoms with Gasteiger partial charge >= 0.3 is 0 Å². The van der Waals surface area contributed by atoms with Crippen LogP contribution in [0, 0.1) is 6.92 Å². The van der Waals surface area contributed by atoms with E-state index >= 15 is 0 Å². The molecule has 2 aromatic heterocycles. The molecular formula is C22H26N4O2S.